The summed E-state index contributed by atoms with van der Waals surface area (Å²) in [6, 6.07) is 54.8. The van der Waals surface area contributed by atoms with Gasteiger partial charge in [-0.2, -0.15) is 46.5 Å². The second-order valence-electron chi connectivity index (χ2n) is 9.45. The van der Waals surface area contributed by atoms with Crippen LogP contribution in [0.3, 0.4) is 0 Å². The van der Waals surface area contributed by atoms with Gasteiger partial charge >= 0.3 is 111 Å². The average Bonchev–Trinajstić information content (AvgIpc) is 3.64. The summed E-state index contributed by atoms with van der Waals surface area (Å²) in [6.45, 7) is 4.24. The van der Waals surface area contributed by atoms with Crippen molar-refractivity contribution < 1.29 is 17.7 Å². The zero-order valence-electron chi connectivity index (χ0n) is 22.8. The molecule has 0 nitrogen and oxygen atoms in total. The minimum atomic E-state index is -2.41. The van der Waals surface area contributed by atoms with Crippen molar-refractivity contribution >= 4 is 33.0 Å². The van der Waals surface area contributed by atoms with Crippen LogP contribution in [0, 0.1) is 13.8 Å². The van der Waals surface area contributed by atoms with Crippen LogP contribution in [0.25, 0.3) is 22.3 Å². The van der Waals surface area contributed by atoms with Crippen LogP contribution in [0.1, 0.15) is 11.1 Å². The van der Waals surface area contributed by atoms with Crippen LogP contribution < -0.4 is 10.4 Å². The molecule has 0 aliphatic heterocycles. The van der Waals surface area contributed by atoms with Crippen molar-refractivity contribution in [3.05, 3.63) is 169 Å². The maximum absolute atomic E-state index is 6.34. The zero-order chi connectivity index (χ0) is 28.2. The van der Waals surface area contributed by atoms with Gasteiger partial charge in [0.2, 0.25) is 0 Å². The molecule has 6 aromatic rings. The Morgan fingerprint density at radius 1 is 0.475 bits per heavy atom. The van der Waals surface area contributed by atoms with Gasteiger partial charge in [0.05, 0.1) is 0 Å². The van der Waals surface area contributed by atoms with Crippen molar-refractivity contribution in [2.75, 3.05) is 0 Å². The van der Waals surface area contributed by atoms with Crippen LogP contribution in [0.4, 0.5) is 0 Å². The Kier molecular flexibility index (Phi) is 12.0. The van der Waals surface area contributed by atoms with Gasteiger partial charge in [0.25, 0.3) is 0 Å². The second-order valence-corrected chi connectivity index (χ2v) is 35.7. The molecule has 0 spiro atoms. The van der Waals surface area contributed by atoms with Crippen molar-refractivity contribution in [3.63, 3.8) is 0 Å². The van der Waals surface area contributed by atoms with E-state index in [2.05, 4.69) is 147 Å². The molecule has 0 unspecified atom stereocenters. The Labute approximate surface area is 253 Å². The molecule has 0 fully saturated rings. The van der Waals surface area contributed by atoms with Crippen LogP contribution in [-0.2, 0) is 17.7 Å². The summed E-state index contributed by atoms with van der Waals surface area (Å²) in [7, 11) is 12.7. The first-order valence-electron chi connectivity index (χ1n) is 13.2. The van der Waals surface area contributed by atoms with Gasteiger partial charge in [0, 0.05) is 0 Å². The van der Waals surface area contributed by atoms with Crippen molar-refractivity contribution in [1.82, 2.24) is 0 Å². The molecule has 0 N–H and O–H groups in total. The molecule has 0 saturated carbocycles. The zero-order valence-corrected chi connectivity index (χ0v) is 28.9. The van der Waals surface area contributed by atoms with Gasteiger partial charge in [-0.25, -0.2) is 12.1 Å². The topological polar surface area (TPSA) is 0 Å². The predicted molar refractivity (Wildman–Crippen MR) is 174 cm³/mol. The quantitative estimate of drug-likeness (QED) is 0.125. The van der Waals surface area contributed by atoms with Gasteiger partial charge in [-0.05, 0) is 0 Å². The molecule has 6 aromatic carbocycles. The second kappa shape index (κ2) is 15.9. The molecule has 200 valence electrons. The van der Waals surface area contributed by atoms with Gasteiger partial charge in [-0.15, -0.1) is 0 Å². The Balaban J connectivity index is 0.000000141. The molecule has 4 heteroatoms. The molecule has 6 rings (SSSR count). The molecule has 0 bridgehead atoms. The van der Waals surface area contributed by atoms with Crippen LogP contribution in [0.15, 0.2) is 158 Å². The Morgan fingerprint density at radius 2 is 0.800 bits per heavy atom. The van der Waals surface area contributed by atoms with E-state index >= 15 is 0 Å². The Morgan fingerprint density at radius 3 is 1.07 bits per heavy atom. The molecule has 0 heterocycles. The van der Waals surface area contributed by atoms with Gasteiger partial charge in [-0.3, -0.25) is 0 Å². The number of aryl methyl sites for hydroxylation is 2. The molecule has 0 aliphatic rings. The van der Waals surface area contributed by atoms with E-state index in [1.54, 1.807) is 0 Å². The minimum absolute atomic E-state index is 0.873. The van der Waals surface area contributed by atoms with E-state index in [1.165, 1.54) is 43.8 Å². The molecule has 0 atom stereocenters. The summed E-state index contributed by atoms with van der Waals surface area (Å²) in [6.07, 6.45) is 0. The monoisotopic (exact) mass is 742 g/mol. The van der Waals surface area contributed by atoms with E-state index in [0.717, 1.165) is 0 Å². The molecule has 0 aliphatic carbocycles. The number of rotatable bonds is 4. The van der Waals surface area contributed by atoms with Gasteiger partial charge < -0.3 is 0 Å². The first-order valence-corrected chi connectivity index (χ1v) is 29.0. The van der Waals surface area contributed by atoms with Crippen molar-refractivity contribution in [2.45, 2.75) is 13.8 Å². The molecule has 0 radical (unpaired) electrons. The molecule has 40 heavy (non-hydrogen) atoms. The standard InChI is InChI=1S/C12H10Si.2C12H11.2ClH.Hf/c1-3-7-11(8-4-1)13-12-9-5-2-6-10-12;2*1-10-7-8-12(9-10)11-5-3-2-4-6-11;;;/h1-10H;2*2-9H,1H3;2*1H;/q;2*-1;;;+2/p-2. The number of hydrogen-bond acceptors (Lipinski definition) is 0. The Hall–Kier alpha value is -2.75. The van der Waals surface area contributed by atoms with Crippen LogP contribution in [0.2, 0.25) is 0 Å². The summed E-state index contributed by atoms with van der Waals surface area (Å²) in [5.74, 6) is 0. The number of benzene rings is 4. The van der Waals surface area contributed by atoms with Crippen LogP contribution in [0.5, 0.6) is 0 Å². The van der Waals surface area contributed by atoms with E-state index in [-0.39, 0.29) is 0 Å². The summed E-state index contributed by atoms with van der Waals surface area (Å²) in [5.41, 5.74) is 7.00. The third-order valence-corrected chi connectivity index (χ3v) is 28.1. The molecule has 0 saturated heterocycles. The molecule has 0 aromatic heterocycles. The number of halogens is 2. The van der Waals surface area contributed by atoms with Gasteiger partial charge in [-0.1, -0.05) is 85.6 Å². The normalized spacial score (nSPS) is 10.0. The summed E-state index contributed by atoms with van der Waals surface area (Å²) < 4.78 is 0. The van der Waals surface area contributed by atoms with E-state index in [0.29, 0.717) is 0 Å². The van der Waals surface area contributed by atoms with Crippen LogP contribution in [-0.4, -0.2) is 5.49 Å². The SMILES string of the molecule is Cc1cc(-c2ccccc2)c[cH-]1.Cc1cc(-c2ccccc2)c[cH-]1.[Cl][Hf]([Cl])=[Si](c1ccccc1)c1ccccc1. The van der Waals surface area contributed by atoms with Crippen molar-refractivity contribution in [1.29, 1.82) is 0 Å². The predicted octanol–water partition coefficient (Wildman–Crippen LogP) is 9.48. The van der Waals surface area contributed by atoms with Gasteiger partial charge in [0.1, 0.15) is 0 Å². The summed E-state index contributed by atoms with van der Waals surface area (Å²) >= 11 is -2.41. The summed E-state index contributed by atoms with van der Waals surface area (Å²) in [5, 5.41) is 2.68. The third kappa shape index (κ3) is 9.14. The average molecular weight is 742 g/mol. The summed E-state index contributed by atoms with van der Waals surface area (Å²) in [4.78, 5) is 0. The first-order chi connectivity index (χ1) is 19.5. The third-order valence-electron chi connectivity index (χ3n) is 6.35. The molecular formula is C36H32Cl2HfSi-2. The number of hydrogen-bond donors (Lipinski definition) is 0. The first kappa shape index (κ1) is 30.2. The maximum atomic E-state index is 6.34. The van der Waals surface area contributed by atoms with E-state index < -0.39 is 23.2 Å². The Bertz CT molecular complexity index is 1480. The van der Waals surface area contributed by atoms with Crippen LogP contribution >= 0.6 is 17.2 Å². The van der Waals surface area contributed by atoms with Crippen molar-refractivity contribution in [3.8, 4) is 22.3 Å². The molecular weight excluding hydrogens is 710 g/mol. The van der Waals surface area contributed by atoms with Gasteiger partial charge in [0.15, 0.2) is 0 Å². The fraction of sp³-hybridized carbons (Fsp3) is 0.0556. The fourth-order valence-electron chi connectivity index (χ4n) is 4.34. The fourth-order valence-corrected chi connectivity index (χ4v) is 25.2. The van der Waals surface area contributed by atoms with E-state index in [9.17, 15) is 0 Å². The molecule has 0 amide bonds. The van der Waals surface area contributed by atoms with Crippen molar-refractivity contribution in [2.24, 2.45) is 0 Å². The van der Waals surface area contributed by atoms with E-state index in [4.69, 9.17) is 17.2 Å². The van der Waals surface area contributed by atoms with E-state index in [1.807, 2.05) is 24.3 Å².